The molecule has 0 saturated carbocycles. The first-order valence-electron chi connectivity index (χ1n) is 7.18. The number of benzene rings is 1. The Balaban J connectivity index is 2.14. The van der Waals surface area contributed by atoms with Gasteiger partial charge in [0.05, 0.1) is 6.20 Å². The van der Waals surface area contributed by atoms with Crippen LogP contribution in [0.15, 0.2) is 24.5 Å². The van der Waals surface area contributed by atoms with E-state index in [2.05, 4.69) is 23.8 Å². The van der Waals surface area contributed by atoms with Crippen molar-refractivity contribution < 1.29 is 8.78 Å². The van der Waals surface area contributed by atoms with E-state index in [0.717, 1.165) is 29.8 Å². The minimum absolute atomic E-state index is 0.0919. The van der Waals surface area contributed by atoms with Gasteiger partial charge in [-0.25, -0.2) is 8.78 Å². The molecule has 1 aromatic heterocycles. The van der Waals surface area contributed by atoms with E-state index < -0.39 is 6.43 Å². The summed E-state index contributed by atoms with van der Waals surface area (Å²) in [6.45, 7) is 5.07. The number of alkyl halides is 2. The van der Waals surface area contributed by atoms with Gasteiger partial charge in [-0.05, 0) is 43.5 Å². The van der Waals surface area contributed by atoms with Crippen molar-refractivity contribution in [3.05, 3.63) is 35.7 Å². The lowest BCUT2D eigenvalue weighted by atomic mass is 9.98. The number of hydrogen-bond donors (Lipinski definition) is 0. The van der Waals surface area contributed by atoms with Crippen LogP contribution in [0.4, 0.5) is 14.5 Å². The molecular formula is C16H19F2N3. The minimum Gasteiger partial charge on any atom is -0.369 e. The van der Waals surface area contributed by atoms with Crippen LogP contribution in [-0.2, 0) is 13.5 Å². The molecule has 0 spiro atoms. The van der Waals surface area contributed by atoms with Crippen LogP contribution < -0.4 is 4.90 Å². The summed E-state index contributed by atoms with van der Waals surface area (Å²) in [4.78, 5) is 2.19. The first-order chi connectivity index (χ1) is 9.97. The van der Waals surface area contributed by atoms with Crippen molar-refractivity contribution in [2.45, 2.75) is 32.7 Å². The summed E-state index contributed by atoms with van der Waals surface area (Å²) in [6.07, 6.45) is 1.84. The van der Waals surface area contributed by atoms with Crippen molar-refractivity contribution in [2.75, 3.05) is 11.4 Å². The largest absolute Gasteiger partial charge is 0.369 e. The van der Waals surface area contributed by atoms with E-state index >= 15 is 0 Å². The molecule has 0 amide bonds. The van der Waals surface area contributed by atoms with Crippen LogP contribution in [0.25, 0.3) is 11.1 Å². The monoisotopic (exact) mass is 291 g/mol. The first kappa shape index (κ1) is 14.0. The molecule has 3 nitrogen and oxygen atoms in total. The van der Waals surface area contributed by atoms with Gasteiger partial charge in [0.15, 0.2) is 0 Å². The van der Waals surface area contributed by atoms with Crippen LogP contribution in [-0.4, -0.2) is 22.4 Å². The standard InChI is InChI=1S/C16H19F2N3/c1-10(2)21-5-4-11-6-13(12-8-19-20(3)9-12)14(16(17)18)7-15(11)21/h6-10,16H,4-5H2,1-3H3. The Hall–Kier alpha value is -1.91. The van der Waals surface area contributed by atoms with Crippen LogP contribution in [0.1, 0.15) is 31.4 Å². The number of halogens is 2. The maximum absolute atomic E-state index is 13.5. The number of fused-ring (bicyclic) bond motifs is 1. The molecule has 21 heavy (non-hydrogen) atoms. The number of aromatic nitrogens is 2. The molecule has 0 bridgehead atoms. The summed E-state index contributed by atoms with van der Waals surface area (Å²) < 4.78 is 28.6. The number of hydrogen-bond acceptors (Lipinski definition) is 2. The quantitative estimate of drug-likeness (QED) is 0.857. The third-order valence-corrected chi connectivity index (χ3v) is 4.06. The molecule has 0 radical (unpaired) electrons. The number of rotatable bonds is 3. The predicted molar refractivity (Wildman–Crippen MR) is 79.8 cm³/mol. The van der Waals surface area contributed by atoms with E-state index in [-0.39, 0.29) is 5.56 Å². The molecule has 0 saturated heterocycles. The Labute approximate surface area is 123 Å². The molecule has 2 heterocycles. The number of nitrogens with zero attached hydrogens (tertiary/aromatic N) is 3. The molecule has 0 N–H and O–H groups in total. The summed E-state index contributed by atoms with van der Waals surface area (Å²) in [6, 6.07) is 3.90. The van der Waals surface area contributed by atoms with E-state index in [4.69, 9.17) is 0 Å². The lowest BCUT2D eigenvalue weighted by Crippen LogP contribution is -2.28. The fourth-order valence-corrected chi connectivity index (χ4v) is 3.01. The zero-order valence-electron chi connectivity index (χ0n) is 12.5. The predicted octanol–water partition coefficient (Wildman–Crippen LogP) is 3.80. The second-order valence-electron chi connectivity index (χ2n) is 5.81. The lowest BCUT2D eigenvalue weighted by molar-refractivity contribution is 0.152. The molecule has 0 aliphatic carbocycles. The summed E-state index contributed by atoms with van der Waals surface area (Å²) in [7, 11) is 1.79. The van der Waals surface area contributed by atoms with Crippen molar-refractivity contribution in [1.82, 2.24) is 9.78 Å². The third-order valence-electron chi connectivity index (χ3n) is 4.06. The summed E-state index contributed by atoms with van der Waals surface area (Å²) in [5, 5.41) is 4.09. The van der Waals surface area contributed by atoms with Crippen molar-refractivity contribution >= 4 is 5.69 Å². The van der Waals surface area contributed by atoms with Crippen LogP contribution in [0, 0.1) is 0 Å². The van der Waals surface area contributed by atoms with E-state index in [1.54, 1.807) is 30.2 Å². The van der Waals surface area contributed by atoms with Gasteiger partial charge in [0.25, 0.3) is 6.43 Å². The Kier molecular flexibility index (Phi) is 3.43. The zero-order valence-corrected chi connectivity index (χ0v) is 12.5. The van der Waals surface area contributed by atoms with Crippen LogP contribution in [0.3, 0.4) is 0 Å². The Bertz CT molecular complexity index is 662. The van der Waals surface area contributed by atoms with E-state index in [1.165, 1.54) is 0 Å². The number of anilines is 1. The van der Waals surface area contributed by atoms with Gasteiger partial charge in [0.1, 0.15) is 0 Å². The van der Waals surface area contributed by atoms with Crippen LogP contribution in [0.2, 0.25) is 0 Å². The highest BCUT2D eigenvalue weighted by molar-refractivity contribution is 5.74. The zero-order chi connectivity index (χ0) is 15.1. The highest BCUT2D eigenvalue weighted by Gasteiger charge is 2.26. The fourth-order valence-electron chi connectivity index (χ4n) is 3.01. The third kappa shape index (κ3) is 2.41. The van der Waals surface area contributed by atoms with Gasteiger partial charge in [0, 0.05) is 42.6 Å². The molecule has 0 fully saturated rings. The van der Waals surface area contributed by atoms with Gasteiger partial charge in [-0.1, -0.05) is 0 Å². The fraction of sp³-hybridized carbons (Fsp3) is 0.438. The van der Waals surface area contributed by atoms with Crippen molar-refractivity contribution in [3.63, 3.8) is 0 Å². The van der Waals surface area contributed by atoms with E-state index in [9.17, 15) is 8.78 Å². The van der Waals surface area contributed by atoms with Gasteiger partial charge >= 0.3 is 0 Å². The average molecular weight is 291 g/mol. The maximum atomic E-state index is 13.5. The number of aryl methyl sites for hydroxylation is 1. The first-order valence-corrected chi connectivity index (χ1v) is 7.18. The maximum Gasteiger partial charge on any atom is 0.264 e. The second kappa shape index (κ2) is 5.13. The van der Waals surface area contributed by atoms with Gasteiger partial charge in [0.2, 0.25) is 0 Å². The van der Waals surface area contributed by atoms with E-state index in [1.807, 2.05) is 6.07 Å². The van der Waals surface area contributed by atoms with Gasteiger partial charge in [-0.15, -0.1) is 0 Å². The molecular weight excluding hydrogens is 272 g/mol. The molecule has 2 aromatic rings. The summed E-state index contributed by atoms with van der Waals surface area (Å²) in [5.74, 6) is 0. The van der Waals surface area contributed by atoms with E-state index in [0.29, 0.717) is 11.6 Å². The van der Waals surface area contributed by atoms with Crippen molar-refractivity contribution in [3.8, 4) is 11.1 Å². The molecule has 1 aliphatic rings. The van der Waals surface area contributed by atoms with Crippen LogP contribution >= 0.6 is 0 Å². The molecule has 5 heteroatoms. The highest BCUT2D eigenvalue weighted by atomic mass is 19.3. The molecule has 112 valence electrons. The van der Waals surface area contributed by atoms with Gasteiger partial charge < -0.3 is 4.90 Å². The smallest absolute Gasteiger partial charge is 0.264 e. The molecule has 1 aromatic carbocycles. The SMILES string of the molecule is CC(C)N1CCc2cc(-c3cnn(C)c3)c(C(F)F)cc21. The van der Waals surface area contributed by atoms with Crippen molar-refractivity contribution in [2.24, 2.45) is 7.05 Å². The Morgan fingerprint density at radius 2 is 2.00 bits per heavy atom. The average Bonchev–Trinajstić information content (AvgIpc) is 3.02. The molecule has 0 atom stereocenters. The minimum atomic E-state index is -2.49. The molecule has 0 unspecified atom stereocenters. The van der Waals surface area contributed by atoms with Gasteiger partial charge in [-0.2, -0.15) is 5.10 Å². The second-order valence-corrected chi connectivity index (χ2v) is 5.81. The highest BCUT2D eigenvalue weighted by Crippen LogP contribution is 2.39. The van der Waals surface area contributed by atoms with Crippen molar-refractivity contribution in [1.29, 1.82) is 0 Å². The lowest BCUT2D eigenvalue weighted by Gasteiger charge is -2.25. The summed E-state index contributed by atoms with van der Waals surface area (Å²) >= 11 is 0. The molecule has 3 rings (SSSR count). The van der Waals surface area contributed by atoms with Gasteiger partial charge in [-0.3, -0.25) is 4.68 Å². The normalized spacial score (nSPS) is 14.3. The summed E-state index contributed by atoms with van der Waals surface area (Å²) in [5.41, 5.74) is 3.54. The van der Waals surface area contributed by atoms with Crippen LogP contribution in [0.5, 0.6) is 0 Å². The Morgan fingerprint density at radius 1 is 1.24 bits per heavy atom. The topological polar surface area (TPSA) is 21.1 Å². The molecule has 1 aliphatic heterocycles. The Morgan fingerprint density at radius 3 is 2.57 bits per heavy atom.